The van der Waals surface area contributed by atoms with Crippen LogP contribution in [0, 0.1) is 11.6 Å². The SMILES string of the molecule is CC(O)(CN)c1ccc(F)c(Cl)c1F. The Morgan fingerprint density at radius 2 is 2.07 bits per heavy atom. The summed E-state index contributed by atoms with van der Waals surface area (Å²) in [6.45, 7) is 1.16. The van der Waals surface area contributed by atoms with Crippen molar-refractivity contribution < 1.29 is 13.9 Å². The van der Waals surface area contributed by atoms with Gasteiger partial charge in [0.25, 0.3) is 0 Å². The standard InChI is InChI=1S/C9H10ClF2NO/c1-9(14,4-13)5-2-3-6(11)7(10)8(5)12/h2-3,14H,4,13H2,1H3. The van der Waals surface area contributed by atoms with Crippen LogP contribution >= 0.6 is 11.6 Å². The molecule has 0 aromatic heterocycles. The quantitative estimate of drug-likeness (QED) is 0.748. The summed E-state index contributed by atoms with van der Waals surface area (Å²) in [7, 11) is 0. The van der Waals surface area contributed by atoms with Gasteiger partial charge in [-0.1, -0.05) is 17.7 Å². The summed E-state index contributed by atoms with van der Waals surface area (Å²) in [5, 5.41) is 9.02. The predicted molar refractivity (Wildman–Crippen MR) is 50.0 cm³/mol. The minimum absolute atomic E-state index is 0.105. The molecule has 14 heavy (non-hydrogen) atoms. The van der Waals surface area contributed by atoms with Gasteiger partial charge in [-0.3, -0.25) is 0 Å². The van der Waals surface area contributed by atoms with E-state index in [4.69, 9.17) is 17.3 Å². The molecule has 0 spiro atoms. The first-order valence-electron chi connectivity index (χ1n) is 3.96. The van der Waals surface area contributed by atoms with Crippen LogP contribution in [-0.2, 0) is 5.60 Å². The van der Waals surface area contributed by atoms with Crippen molar-refractivity contribution in [1.82, 2.24) is 0 Å². The van der Waals surface area contributed by atoms with Crippen LogP contribution in [0.2, 0.25) is 5.02 Å². The molecule has 0 saturated carbocycles. The maximum atomic E-state index is 13.4. The summed E-state index contributed by atoms with van der Waals surface area (Å²) in [6.07, 6.45) is 0. The molecule has 0 amide bonds. The number of hydrogen-bond donors (Lipinski definition) is 2. The zero-order chi connectivity index (χ0) is 10.9. The molecule has 0 aliphatic rings. The van der Waals surface area contributed by atoms with Gasteiger partial charge in [-0.2, -0.15) is 0 Å². The molecule has 1 rings (SSSR count). The fourth-order valence-electron chi connectivity index (χ4n) is 1.05. The Labute approximate surface area is 85.3 Å². The summed E-state index contributed by atoms with van der Waals surface area (Å²) in [6, 6.07) is 2.12. The average Bonchev–Trinajstić information content (AvgIpc) is 2.14. The van der Waals surface area contributed by atoms with Crippen molar-refractivity contribution in [1.29, 1.82) is 0 Å². The first-order valence-corrected chi connectivity index (χ1v) is 4.34. The number of hydrogen-bond acceptors (Lipinski definition) is 2. The van der Waals surface area contributed by atoms with E-state index in [1.54, 1.807) is 0 Å². The van der Waals surface area contributed by atoms with E-state index >= 15 is 0 Å². The Balaban J connectivity index is 3.31. The van der Waals surface area contributed by atoms with Gasteiger partial charge in [-0.05, 0) is 13.0 Å². The van der Waals surface area contributed by atoms with Crippen molar-refractivity contribution in [3.63, 3.8) is 0 Å². The molecule has 0 radical (unpaired) electrons. The fourth-order valence-corrected chi connectivity index (χ4v) is 1.22. The minimum atomic E-state index is -1.54. The summed E-state index contributed by atoms with van der Waals surface area (Å²) < 4.78 is 26.1. The van der Waals surface area contributed by atoms with Gasteiger partial charge in [0.15, 0.2) is 5.82 Å². The smallest absolute Gasteiger partial charge is 0.150 e. The van der Waals surface area contributed by atoms with Crippen molar-refractivity contribution in [2.75, 3.05) is 6.54 Å². The van der Waals surface area contributed by atoms with Crippen molar-refractivity contribution in [2.24, 2.45) is 5.73 Å². The molecule has 3 N–H and O–H groups in total. The number of rotatable bonds is 2. The van der Waals surface area contributed by atoms with Crippen molar-refractivity contribution >= 4 is 11.6 Å². The Hall–Kier alpha value is -0.710. The lowest BCUT2D eigenvalue weighted by Gasteiger charge is -2.22. The number of benzene rings is 1. The van der Waals surface area contributed by atoms with Crippen LogP contribution < -0.4 is 5.73 Å². The molecular formula is C9H10ClF2NO. The van der Waals surface area contributed by atoms with Crippen LogP contribution in [-0.4, -0.2) is 11.7 Å². The van der Waals surface area contributed by atoms with Gasteiger partial charge in [0.1, 0.15) is 16.4 Å². The van der Waals surface area contributed by atoms with Gasteiger partial charge >= 0.3 is 0 Å². The van der Waals surface area contributed by atoms with E-state index in [0.29, 0.717) is 0 Å². The molecular weight excluding hydrogens is 212 g/mol. The molecule has 1 unspecified atom stereocenters. The van der Waals surface area contributed by atoms with Crippen molar-refractivity contribution in [3.8, 4) is 0 Å². The molecule has 2 nitrogen and oxygen atoms in total. The Morgan fingerprint density at radius 3 is 2.57 bits per heavy atom. The highest BCUT2D eigenvalue weighted by molar-refractivity contribution is 6.30. The topological polar surface area (TPSA) is 46.2 Å². The molecule has 1 atom stereocenters. The van der Waals surface area contributed by atoms with Crippen molar-refractivity contribution in [3.05, 3.63) is 34.4 Å². The van der Waals surface area contributed by atoms with Gasteiger partial charge in [0, 0.05) is 12.1 Å². The monoisotopic (exact) mass is 221 g/mol. The maximum Gasteiger partial charge on any atom is 0.150 e. The van der Waals surface area contributed by atoms with E-state index in [0.717, 1.165) is 12.1 Å². The fraction of sp³-hybridized carbons (Fsp3) is 0.333. The third-order valence-electron chi connectivity index (χ3n) is 2.01. The van der Waals surface area contributed by atoms with E-state index in [9.17, 15) is 13.9 Å². The van der Waals surface area contributed by atoms with Gasteiger partial charge in [0.05, 0.1) is 0 Å². The van der Waals surface area contributed by atoms with Crippen LogP contribution in [0.5, 0.6) is 0 Å². The molecule has 0 saturated heterocycles. The lowest BCUT2D eigenvalue weighted by molar-refractivity contribution is 0.0628. The normalized spacial score (nSPS) is 15.3. The lowest BCUT2D eigenvalue weighted by atomic mass is 9.96. The number of aliphatic hydroxyl groups is 1. The Morgan fingerprint density at radius 1 is 1.50 bits per heavy atom. The van der Waals surface area contributed by atoms with Gasteiger partial charge in [-0.15, -0.1) is 0 Å². The second-order valence-electron chi connectivity index (χ2n) is 3.20. The van der Waals surface area contributed by atoms with E-state index in [2.05, 4.69) is 0 Å². The van der Waals surface area contributed by atoms with E-state index in [-0.39, 0.29) is 12.1 Å². The first kappa shape index (κ1) is 11.4. The molecule has 0 aliphatic carbocycles. The molecule has 1 aromatic rings. The second kappa shape index (κ2) is 3.81. The van der Waals surface area contributed by atoms with E-state index in [1.807, 2.05) is 0 Å². The van der Waals surface area contributed by atoms with Crippen LogP contribution in [0.15, 0.2) is 12.1 Å². The maximum absolute atomic E-state index is 13.4. The summed E-state index contributed by atoms with van der Waals surface area (Å²) in [5.41, 5.74) is 3.60. The third kappa shape index (κ3) is 1.87. The molecule has 0 fully saturated rings. The molecule has 0 bridgehead atoms. The number of halogens is 3. The van der Waals surface area contributed by atoms with Gasteiger partial charge in [0.2, 0.25) is 0 Å². The molecule has 0 aliphatic heterocycles. The van der Waals surface area contributed by atoms with Gasteiger partial charge < -0.3 is 10.8 Å². The van der Waals surface area contributed by atoms with Crippen molar-refractivity contribution in [2.45, 2.75) is 12.5 Å². The lowest BCUT2D eigenvalue weighted by Crippen LogP contribution is -2.32. The minimum Gasteiger partial charge on any atom is -0.384 e. The zero-order valence-corrected chi connectivity index (χ0v) is 8.28. The summed E-state index contributed by atoms with van der Waals surface area (Å²) >= 11 is 5.34. The van der Waals surface area contributed by atoms with E-state index in [1.165, 1.54) is 6.92 Å². The molecule has 0 heterocycles. The molecule has 1 aromatic carbocycles. The van der Waals surface area contributed by atoms with Crippen LogP contribution in [0.3, 0.4) is 0 Å². The average molecular weight is 222 g/mol. The van der Waals surface area contributed by atoms with Crippen LogP contribution in [0.25, 0.3) is 0 Å². The highest BCUT2D eigenvalue weighted by Gasteiger charge is 2.27. The second-order valence-corrected chi connectivity index (χ2v) is 3.58. The summed E-state index contributed by atoms with van der Waals surface area (Å²) in [5.74, 6) is -1.83. The van der Waals surface area contributed by atoms with Gasteiger partial charge in [-0.25, -0.2) is 8.78 Å². The number of nitrogens with two attached hydrogens (primary N) is 1. The Bertz CT molecular complexity index is 355. The highest BCUT2D eigenvalue weighted by atomic mass is 35.5. The third-order valence-corrected chi connectivity index (χ3v) is 2.36. The van der Waals surface area contributed by atoms with Crippen LogP contribution in [0.4, 0.5) is 8.78 Å². The largest absolute Gasteiger partial charge is 0.384 e. The predicted octanol–water partition coefficient (Wildman–Crippen LogP) is 1.78. The first-order chi connectivity index (χ1) is 6.40. The zero-order valence-electron chi connectivity index (χ0n) is 7.52. The molecule has 78 valence electrons. The highest BCUT2D eigenvalue weighted by Crippen LogP contribution is 2.28. The Kier molecular flexibility index (Phi) is 3.09. The summed E-state index contributed by atoms with van der Waals surface area (Å²) in [4.78, 5) is 0. The van der Waals surface area contributed by atoms with Crippen LogP contribution in [0.1, 0.15) is 12.5 Å². The van der Waals surface area contributed by atoms with E-state index < -0.39 is 22.3 Å². The molecule has 5 heteroatoms.